The highest BCUT2D eigenvalue weighted by molar-refractivity contribution is 5.56. The summed E-state index contributed by atoms with van der Waals surface area (Å²) in [4.78, 5) is 14.0. The van der Waals surface area contributed by atoms with Gasteiger partial charge in [0, 0.05) is 26.3 Å². The molecular formula is C25H29N3O. The Hall–Kier alpha value is -2.98. The van der Waals surface area contributed by atoms with Crippen LogP contribution >= 0.6 is 0 Å². The maximum absolute atomic E-state index is 11.9. The molecule has 0 saturated carbocycles. The van der Waals surface area contributed by atoms with Crippen LogP contribution < -0.4 is 10.2 Å². The van der Waals surface area contributed by atoms with Crippen molar-refractivity contribution in [2.45, 2.75) is 24.9 Å². The third-order valence-corrected chi connectivity index (χ3v) is 5.64. The Labute approximate surface area is 173 Å². The molecule has 0 spiro atoms. The van der Waals surface area contributed by atoms with Crippen LogP contribution in [0.25, 0.3) is 0 Å². The lowest BCUT2D eigenvalue weighted by Crippen LogP contribution is -2.39. The van der Waals surface area contributed by atoms with E-state index in [4.69, 9.17) is 0 Å². The monoisotopic (exact) mass is 387 g/mol. The third-order valence-electron chi connectivity index (χ3n) is 5.64. The van der Waals surface area contributed by atoms with Crippen molar-refractivity contribution in [2.75, 3.05) is 26.0 Å². The number of benzene rings is 3. The number of nitrogens with one attached hydrogen (secondary N) is 1. The van der Waals surface area contributed by atoms with Crippen molar-refractivity contribution < 1.29 is 0 Å². The summed E-state index contributed by atoms with van der Waals surface area (Å²) in [6, 6.07) is 26.6. The maximum Gasteiger partial charge on any atom is 0.107 e. The molecule has 29 heavy (non-hydrogen) atoms. The molecule has 0 fully saturated rings. The first-order valence-corrected chi connectivity index (χ1v) is 9.94. The number of hydrogen-bond acceptors (Lipinski definition) is 4. The highest BCUT2D eigenvalue weighted by Crippen LogP contribution is 2.44. The summed E-state index contributed by atoms with van der Waals surface area (Å²) in [6.07, 6.45) is 0. The zero-order valence-electron chi connectivity index (χ0n) is 17.6. The molecule has 3 aromatic carbocycles. The lowest BCUT2D eigenvalue weighted by atomic mass is 9.65. The minimum atomic E-state index is -0.661. The number of hydrogen-bond donors (Lipinski definition) is 1. The SMILES string of the molecule is CNCc1ccc(C(c2ccccc2)(c2ccc(N(C)C)cc2)C(C)N=O)cc1. The predicted octanol–water partition coefficient (Wildman–Crippen LogP) is 4.96. The molecular weight excluding hydrogens is 358 g/mol. The van der Waals surface area contributed by atoms with Gasteiger partial charge in [0.1, 0.15) is 6.04 Å². The molecule has 4 nitrogen and oxygen atoms in total. The van der Waals surface area contributed by atoms with E-state index in [1.54, 1.807) is 0 Å². The normalized spacial score (nSPS) is 14.1. The summed E-state index contributed by atoms with van der Waals surface area (Å²) >= 11 is 0. The molecule has 0 aliphatic heterocycles. The highest BCUT2D eigenvalue weighted by Gasteiger charge is 2.42. The molecule has 0 aliphatic rings. The van der Waals surface area contributed by atoms with E-state index in [0.29, 0.717) is 0 Å². The average Bonchev–Trinajstić information content (AvgIpc) is 2.76. The van der Waals surface area contributed by atoms with Gasteiger partial charge in [-0.15, -0.1) is 0 Å². The van der Waals surface area contributed by atoms with Crippen molar-refractivity contribution in [3.63, 3.8) is 0 Å². The molecule has 0 bridgehead atoms. The number of nitrogens with zero attached hydrogens (tertiary/aromatic N) is 2. The molecule has 1 N–H and O–H groups in total. The fraction of sp³-hybridized carbons (Fsp3) is 0.280. The van der Waals surface area contributed by atoms with Gasteiger partial charge in [-0.1, -0.05) is 71.9 Å². The molecule has 0 saturated heterocycles. The fourth-order valence-electron chi connectivity index (χ4n) is 4.12. The van der Waals surface area contributed by atoms with Crippen LogP contribution in [0.4, 0.5) is 5.69 Å². The molecule has 150 valence electrons. The van der Waals surface area contributed by atoms with E-state index in [2.05, 4.69) is 76.1 Å². The first-order chi connectivity index (χ1) is 14.0. The molecule has 0 heterocycles. The van der Waals surface area contributed by atoms with Crippen molar-refractivity contribution in [3.05, 3.63) is 106 Å². The number of anilines is 1. The van der Waals surface area contributed by atoms with Gasteiger partial charge in [-0.3, -0.25) is 0 Å². The highest BCUT2D eigenvalue weighted by atomic mass is 16.3. The van der Waals surface area contributed by atoms with Gasteiger partial charge >= 0.3 is 0 Å². The van der Waals surface area contributed by atoms with E-state index < -0.39 is 11.5 Å². The number of rotatable bonds is 8. The molecule has 2 unspecified atom stereocenters. The van der Waals surface area contributed by atoms with E-state index in [0.717, 1.165) is 28.9 Å². The average molecular weight is 388 g/mol. The second-order valence-electron chi connectivity index (χ2n) is 7.62. The fourth-order valence-corrected chi connectivity index (χ4v) is 4.12. The van der Waals surface area contributed by atoms with E-state index in [9.17, 15) is 4.91 Å². The Kier molecular flexibility index (Phi) is 6.45. The zero-order valence-corrected chi connectivity index (χ0v) is 17.6. The van der Waals surface area contributed by atoms with Crippen LogP contribution in [0.2, 0.25) is 0 Å². The van der Waals surface area contributed by atoms with Gasteiger partial charge in [0.2, 0.25) is 0 Å². The first kappa shape index (κ1) is 20.7. The van der Waals surface area contributed by atoms with Crippen LogP contribution in [-0.4, -0.2) is 27.2 Å². The lowest BCUT2D eigenvalue weighted by Gasteiger charge is -2.38. The van der Waals surface area contributed by atoms with Crippen molar-refractivity contribution in [3.8, 4) is 0 Å². The minimum absolute atomic E-state index is 0.481. The van der Waals surface area contributed by atoms with Crippen molar-refractivity contribution >= 4 is 5.69 Å². The van der Waals surface area contributed by atoms with Gasteiger partial charge in [-0.25, -0.2) is 0 Å². The Morgan fingerprint density at radius 2 is 1.38 bits per heavy atom. The first-order valence-electron chi connectivity index (χ1n) is 9.94. The van der Waals surface area contributed by atoms with Gasteiger partial charge in [0.25, 0.3) is 0 Å². The van der Waals surface area contributed by atoms with Crippen molar-refractivity contribution in [1.29, 1.82) is 0 Å². The summed E-state index contributed by atoms with van der Waals surface area (Å²) in [5, 5.41) is 6.72. The van der Waals surface area contributed by atoms with E-state index in [1.807, 2.05) is 46.3 Å². The Balaban J connectivity index is 2.27. The topological polar surface area (TPSA) is 44.7 Å². The van der Waals surface area contributed by atoms with Gasteiger partial charge in [-0.2, -0.15) is 4.91 Å². The molecule has 4 heteroatoms. The summed E-state index contributed by atoms with van der Waals surface area (Å²) < 4.78 is 0. The quantitative estimate of drug-likeness (QED) is 0.439. The minimum Gasteiger partial charge on any atom is -0.378 e. The largest absolute Gasteiger partial charge is 0.378 e. The van der Waals surface area contributed by atoms with Crippen LogP contribution in [0.5, 0.6) is 0 Å². The summed E-state index contributed by atoms with van der Waals surface area (Å²) in [5.74, 6) is 0. The van der Waals surface area contributed by atoms with Crippen molar-refractivity contribution in [2.24, 2.45) is 5.18 Å². The predicted molar refractivity (Wildman–Crippen MR) is 122 cm³/mol. The molecule has 0 amide bonds. The Morgan fingerprint density at radius 1 is 0.862 bits per heavy atom. The lowest BCUT2D eigenvalue weighted by molar-refractivity contribution is 0.505. The van der Waals surface area contributed by atoms with Crippen LogP contribution in [0, 0.1) is 4.91 Å². The maximum atomic E-state index is 11.9. The van der Waals surface area contributed by atoms with Gasteiger partial charge < -0.3 is 10.2 Å². The van der Waals surface area contributed by atoms with E-state index in [-0.39, 0.29) is 0 Å². The molecule has 0 aliphatic carbocycles. The van der Waals surface area contributed by atoms with Gasteiger partial charge in [0.05, 0.1) is 5.41 Å². The van der Waals surface area contributed by atoms with E-state index >= 15 is 0 Å². The second-order valence-corrected chi connectivity index (χ2v) is 7.62. The molecule has 2 atom stereocenters. The summed E-state index contributed by atoms with van der Waals surface area (Å²) in [6.45, 7) is 2.71. The smallest absolute Gasteiger partial charge is 0.107 e. The molecule has 3 aromatic rings. The molecule has 3 rings (SSSR count). The van der Waals surface area contributed by atoms with Crippen LogP contribution in [0.1, 0.15) is 29.2 Å². The van der Waals surface area contributed by atoms with Crippen LogP contribution in [0.15, 0.2) is 84.0 Å². The van der Waals surface area contributed by atoms with E-state index in [1.165, 1.54) is 5.56 Å². The van der Waals surface area contributed by atoms with Crippen LogP contribution in [0.3, 0.4) is 0 Å². The standard InChI is InChI=1S/C25H29N3O/c1-19(27-29)25(21-8-6-5-7-9-21,22-12-10-20(11-13-22)18-26-2)23-14-16-24(17-15-23)28(3)4/h5-17,19,26H,18H2,1-4H3. The van der Waals surface area contributed by atoms with Crippen LogP contribution in [-0.2, 0) is 12.0 Å². The molecule has 0 radical (unpaired) electrons. The second kappa shape index (κ2) is 9.01. The third kappa shape index (κ3) is 3.94. The Bertz CT molecular complexity index is 921. The summed E-state index contributed by atoms with van der Waals surface area (Å²) in [5.41, 5.74) is 4.84. The van der Waals surface area contributed by atoms with Gasteiger partial charge in [0.15, 0.2) is 0 Å². The number of nitroso groups, excluding NO2 is 1. The molecule has 0 aromatic heterocycles. The zero-order chi connectivity index (χ0) is 20.9. The summed E-state index contributed by atoms with van der Waals surface area (Å²) in [7, 11) is 5.98. The van der Waals surface area contributed by atoms with Gasteiger partial charge in [-0.05, 0) is 48.4 Å². The van der Waals surface area contributed by atoms with Crippen molar-refractivity contribution in [1.82, 2.24) is 5.32 Å². The Morgan fingerprint density at radius 3 is 1.86 bits per heavy atom.